The Morgan fingerprint density at radius 1 is 1.43 bits per heavy atom. The zero-order valence-corrected chi connectivity index (χ0v) is 12.4. The smallest absolute Gasteiger partial charge is 0.272 e. The topological polar surface area (TPSA) is 83.8 Å². The maximum Gasteiger partial charge on any atom is 0.272 e. The van der Waals surface area contributed by atoms with Crippen molar-refractivity contribution >= 4 is 22.5 Å². The van der Waals surface area contributed by atoms with Gasteiger partial charge in [0.15, 0.2) is 5.69 Å². The van der Waals surface area contributed by atoms with Crippen LogP contribution in [0.25, 0.3) is 10.9 Å². The first-order valence-corrected chi connectivity index (χ1v) is 7.65. The fourth-order valence-corrected chi connectivity index (χ4v) is 3.34. The predicted octanol–water partition coefficient (Wildman–Crippen LogP) is 2.85. The number of carbonyl (C=O) groups is 1. The number of nitrogens with zero attached hydrogens (tertiary/aromatic N) is 1. The standard InChI is InChI=1S/C16H22N4O/c1-2-16(7-3-4-8-16)10-18-15(21)14-12-9-11(17)5-6-13(12)19-20-14/h5-6,9H,2-4,7-8,10,17H2,1H3,(H,18,21)(H,19,20). The first-order valence-electron chi connectivity index (χ1n) is 7.65. The second-order valence-electron chi connectivity index (χ2n) is 6.12. The van der Waals surface area contributed by atoms with E-state index in [4.69, 9.17) is 5.73 Å². The molecular weight excluding hydrogens is 264 g/mol. The number of aromatic amines is 1. The van der Waals surface area contributed by atoms with E-state index in [2.05, 4.69) is 22.4 Å². The van der Waals surface area contributed by atoms with Crippen molar-refractivity contribution in [3.8, 4) is 0 Å². The lowest BCUT2D eigenvalue weighted by Gasteiger charge is -2.27. The Morgan fingerprint density at radius 3 is 2.90 bits per heavy atom. The van der Waals surface area contributed by atoms with Crippen LogP contribution in [0.3, 0.4) is 0 Å². The van der Waals surface area contributed by atoms with Crippen LogP contribution in [-0.2, 0) is 0 Å². The van der Waals surface area contributed by atoms with Crippen molar-refractivity contribution in [1.82, 2.24) is 15.5 Å². The van der Waals surface area contributed by atoms with Gasteiger partial charge in [0.2, 0.25) is 0 Å². The third kappa shape index (κ3) is 2.60. The zero-order chi connectivity index (χ0) is 14.9. The molecule has 3 rings (SSSR count). The van der Waals surface area contributed by atoms with Gasteiger partial charge >= 0.3 is 0 Å². The summed E-state index contributed by atoms with van der Waals surface area (Å²) < 4.78 is 0. The van der Waals surface area contributed by atoms with Gasteiger partial charge in [-0.25, -0.2) is 0 Å². The van der Waals surface area contributed by atoms with E-state index in [9.17, 15) is 4.79 Å². The highest BCUT2D eigenvalue weighted by Crippen LogP contribution is 2.40. The van der Waals surface area contributed by atoms with E-state index >= 15 is 0 Å². The molecule has 1 aromatic carbocycles. The third-order valence-electron chi connectivity index (χ3n) is 4.84. The van der Waals surface area contributed by atoms with E-state index in [-0.39, 0.29) is 11.3 Å². The van der Waals surface area contributed by atoms with Crippen molar-refractivity contribution in [3.05, 3.63) is 23.9 Å². The molecule has 21 heavy (non-hydrogen) atoms. The molecule has 1 aliphatic rings. The molecule has 0 spiro atoms. The van der Waals surface area contributed by atoms with Gasteiger partial charge in [0.05, 0.1) is 5.52 Å². The second kappa shape index (κ2) is 5.39. The molecule has 1 amide bonds. The van der Waals surface area contributed by atoms with Crippen molar-refractivity contribution in [2.75, 3.05) is 12.3 Å². The van der Waals surface area contributed by atoms with Gasteiger partial charge in [0, 0.05) is 17.6 Å². The predicted molar refractivity (Wildman–Crippen MR) is 84.0 cm³/mol. The van der Waals surface area contributed by atoms with E-state index < -0.39 is 0 Å². The summed E-state index contributed by atoms with van der Waals surface area (Å²) in [6.07, 6.45) is 6.06. The molecule has 0 unspecified atom stereocenters. The molecule has 0 bridgehead atoms. The highest BCUT2D eigenvalue weighted by atomic mass is 16.1. The van der Waals surface area contributed by atoms with E-state index in [0.29, 0.717) is 11.4 Å². The van der Waals surface area contributed by atoms with Crippen LogP contribution in [0.4, 0.5) is 5.69 Å². The summed E-state index contributed by atoms with van der Waals surface area (Å²) in [5.41, 5.74) is 7.98. The summed E-state index contributed by atoms with van der Waals surface area (Å²) in [5.74, 6) is -0.119. The lowest BCUT2D eigenvalue weighted by Crippen LogP contribution is -2.35. The van der Waals surface area contributed by atoms with Crippen molar-refractivity contribution in [2.45, 2.75) is 39.0 Å². The molecule has 0 aliphatic heterocycles. The number of hydrogen-bond acceptors (Lipinski definition) is 3. The summed E-state index contributed by atoms with van der Waals surface area (Å²) >= 11 is 0. The van der Waals surface area contributed by atoms with Crippen LogP contribution in [-0.4, -0.2) is 22.6 Å². The van der Waals surface area contributed by atoms with Crippen LogP contribution in [0.15, 0.2) is 18.2 Å². The number of nitrogen functional groups attached to an aromatic ring is 1. The van der Waals surface area contributed by atoms with E-state index in [1.165, 1.54) is 25.7 Å². The summed E-state index contributed by atoms with van der Waals surface area (Å²) in [4.78, 5) is 12.4. The van der Waals surface area contributed by atoms with Gasteiger partial charge < -0.3 is 11.1 Å². The van der Waals surface area contributed by atoms with Gasteiger partial charge in [-0.3, -0.25) is 9.89 Å². The van der Waals surface area contributed by atoms with Crippen LogP contribution in [0.1, 0.15) is 49.5 Å². The normalized spacial score (nSPS) is 17.2. The number of H-pyrrole nitrogens is 1. The maximum absolute atomic E-state index is 12.4. The second-order valence-corrected chi connectivity index (χ2v) is 6.12. The van der Waals surface area contributed by atoms with Crippen LogP contribution in [0, 0.1) is 5.41 Å². The van der Waals surface area contributed by atoms with Crippen LogP contribution >= 0.6 is 0 Å². The number of fused-ring (bicyclic) bond motifs is 1. The number of anilines is 1. The Bertz CT molecular complexity index is 655. The molecule has 1 aromatic heterocycles. The van der Waals surface area contributed by atoms with E-state index in [1.807, 2.05) is 6.07 Å². The summed E-state index contributed by atoms with van der Waals surface area (Å²) in [7, 11) is 0. The summed E-state index contributed by atoms with van der Waals surface area (Å²) in [6, 6.07) is 5.44. The van der Waals surface area contributed by atoms with Gasteiger partial charge in [0.1, 0.15) is 0 Å². The number of nitrogens with one attached hydrogen (secondary N) is 2. The van der Waals surface area contributed by atoms with Crippen LogP contribution in [0.2, 0.25) is 0 Å². The average molecular weight is 286 g/mol. The van der Waals surface area contributed by atoms with Crippen LogP contribution in [0.5, 0.6) is 0 Å². The minimum absolute atomic E-state index is 0.119. The fraction of sp³-hybridized carbons (Fsp3) is 0.500. The number of carbonyl (C=O) groups excluding carboxylic acids is 1. The largest absolute Gasteiger partial charge is 0.399 e. The molecule has 4 N–H and O–H groups in total. The minimum Gasteiger partial charge on any atom is -0.399 e. The Balaban J connectivity index is 1.76. The fourth-order valence-electron chi connectivity index (χ4n) is 3.34. The minimum atomic E-state index is -0.119. The number of hydrogen-bond donors (Lipinski definition) is 3. The molecule has 0 atom stereocenters. The molecule has 0 radical (unpaired) electrons. The SMILES string of the molecule is CCC1(CNC(=O)c2n[nH]c3ccc(N)cc23)CCCC1. The Morgan fingerprint density at radius 2 is 2.19 bits per heavy atom. The first kappa shape index (κ1) is 13.9. The number of benzene rings is 1. The monoisotopic (exact) mass is 286 g/mol. The lowest BCUT2D eigenvalue weighted by molar-refractivity contribution is 0.0925. The number of nitrogens with two attached hydrogens (primary N) is 1. The third-order valence-corrected chi connectivity index (χ3v) is 4.84. The number of aromatic nitrogens is 2. The molecule has 2 aromatic rings. The van der Waals surface area contributed by atoms with Crippen molar-refractivity contribution < 1.29 is 4.79 Å². The van der Waals surface area contributed by atoms with Gasteiger partial charge in [-0.2, -0.15) is 5.10 Å². The molecular formula is C16H22N4O. The van der Waals surface area contributed by atoms with Crippen molar-refractivity contribution in [3.63, 3.8) is 0 Å². The zero-order valence-electron chi connectivity index (χ0n) is 12.4. The molecule has 1 saturated carbocycles. The molecule has 1 heterocycles. The summed E-state index contributed by atoms with van der Waals surface area (Å²) in [5, 5.41) is 10.9. The molecule has 0 saturated heterocycles. The van der Waals surface area contributed by atoms with Gasteiger partial charge in [-0.15, -0.1) is 0 Å². The molecule has 112 valence electrons. The van der Waals surface area contributed by atoms with Gasteiger partial charge in [-0.05, 0) is 42.9 Å². The van der Waals surface area contributed by atoms with Crippen molar-refractivity contribution in [1.29, 1.82) is 0 Å². The van der Waals surface area contributed by atoms with E-state index in [1.54, 1.807) is 12.1 Å². The molecule has 5 nitrogen and oxygen atoms in total. The Kier molecular flexibility index (Phi) is 3.57. The molecule has 1 fully saturated rings. The highest BCUT2D eigenvalue weighted by Gasteiger charge is 2.32. The summed E-state index contributed by atoms with van der Waals surface area (Å²) in [6.45, 7) is 2.95. The molecule has 5 heteroatoms. The Labute approximate surface area is 124 Å². The lowest BCUT2D eigenvalue weighted by atomic mass is 9.83. The molecule has 1 aliphatic carbocycles. The average Bonchev–Trinajstić information content (AvgIpc) is 3.12. The van der Waals surface area contributed by atoms with Gasteiger partial charge in [-0.1, -0.05) is 19.8 Å². The van der Waals surface area contributed by atoms with Gasteiger partial charge in [0.25, 0.3) is 5.91 Å². The number of rotatable bonds is 4. The van der Waals surface area contributed by atoms with Crippen molar-refractivity contribution in [2.24, 2.45) is 5.41 Å². The Hall–Kier alpha value is -2.04. The maximum atomic E-state index is 12.4. The van der Waals surface area contributed by atoms with Crippen LogP contribution < -0.4 is 11.1 Å². The number of amides is 1. The highest BCUT2D eigenvalue weighted by molar-refractivity contribution is 6.05. The quantitative estimate of drug-likeness (QED) is 0.756. The van der Waals surface area contributed by atoms with E-state index in [0.717, 1.165) is 23.9 Å². The first-order chi connectivity index (χ1) is 10.1.